The molecule has 0 aliphatic heterocycles. The molecule has 0 spiro atoms. The van der Waals surface area contributed by atoms with Gasteiger partial charge in [0.15, 0.2) is 0 Å². The molecule has 0 fully saturated rings. The minimum atomic E-state index is -0.605. The second-order valence-corrected chi connectivity index (χ2v) is 9.58. The lowest BCUT2D eigenvalue weighted by Crippen LogP contribution is -2.41. The van der Waals surface area contributed by atoms with Gasteiger partial charge in [-0.25, -0.2) is 0 Å². The fourth-order valence-electron chi connectivity index (χ4n) is 4.60. The molecule has 0 saturated heterocycles. The number of amides is 1. The van der Waals surface area contributed by atoms with E-state index in [-0.39, 0.29) is 5.91 Å². The van der Waals surface area contributed by atoms with Gasteiger partial charge in [-0.2, -0.15) is 0 Å². The minimum absolute atomic E-state index is 0.213. The van der Waals surface area contributed by atoms with Crippen molar-refractivity contribution < 1.29 is 9.53 Å². The number of primary amides is 1. The Morgan fingerprint density at radius 2 is 1.44 bits per heavy atom. The molecule has 1 atom stereocenters. The van der Waals surface area contributed by atoms with Gasteiger partial charge in [-0.05, 0) is 74.6 Å². The Morgan fingerprint density at radius 1 is 0.806 bits per heavy atom. The zero-order valence-electron chi connectivity index (χ0n) is 22.3. The molecule has 1 unspecified atom stereocenters. The van der Waals surface area contributed by atoms with E-state index in [1.807, 2.05) is 36.4 Å². The SMILES string of the molecule is CC/C=C\C/C=C\C/C=C\CCCCCCC(Cc1ccccc1)(Cc1cccc(OC)c1)C(N)=O. The Morgan fingerprint density at radius 3 is 2.14 bits per heavy atom. The summed E-state index contributed by atoms with van der Waals surface area (Å²) < 4.78 is 5.41. The molecule has 2 N–H and O–H groups in total. The molecule has 2 rings (SSSR count). The number of carbonyl (C=O) groups excluding carboxylic acids is 1. The summed E-state index contributed by atoms with van der Waals surface area (Å²) in [4.78, 5) is 12.9. The molecule has 36 heavy (non-hydrogen) atoms. The van der Waals surface area contributed by atoms with Gasteiger partial charge < -0.3 is 10.5 Å². The van der Waals surface area contributed by atoms with Crippen LogP contribution in [0.2, 0.25) is 0 Å². The van der Waals surface area contributed by atoms with Gasteiger partial charge in [0.25, 0.3) is 0 Å². The number of nitrogens with two attached hydrogens (primary N) is 1. The van der Waals surface area contributed by atoms with Crippen molar-refractivity contribution >= 4 is 5.91 Å². The van der Waals surface area contributed by atoms with Crippen LogP contribution in [-0.2, 0) is 17.6 Å². The lowest BCUT2D eigenvalue weighted by Gasteiger charge is -2.31. The standard InChI is InChI=1S/C33H45NO2/c1-3-4-5-6-7-8-9-10-11-12-13-14-15-19-25-33(32(34)35,27-29-21-17-16-18-22-29)28-30-23-20-24-31(26-30)36-2/h4-5,7-8,10-11,16-18,20-24,26H,3,6,9,12-15,19,25,27-28H2,1-2H3,(H2,34,35)/b5-4-,8-7-,11-10-. The quantitative estimate of drug-likeness (QED) is 0.170. The molecule has 3 nitrogen and oxygen atoms in total. The van der Waals surface area contributed by atoms with Gasteiger partial charge >= 0.3 is 0 Å². The Hall–Kier alpha value is -3.07. The third-order valence-electron chi connectivity index (χ3n) is 6.64. The number of allylic oxidation sites excluding steroid dienone is 6. The van der Waals surface area contributed by atoms with Crippen molar-refractivity contribution in [3.8, 4) is 5.75 Å². The van der Waals surface area contributed by atoms with Crippen molar-refractivity contribution in [3.63, 3.8) is 0 Å². The second-order valence-electron chi connectivity index (χ2n) is 9.58. The maximum Gasteiger partial charge on any atom is 0.224 e. The van der Waals surface area contributed by atoms with Crippen LogP contribution >= 0.6 is 0 Å². The number of hydrogen-bond donors (Lipinski definition) is 1. The van der Waals surface area contributed by atoms with Gasteiger partial charge in [-0.3, -0.25) is 4.79 Å². The van der Waals surface area contributed by atoms with Crippen LogP contribution in [0.15, 0.2) is 91.1 Å². The average Bonchev–Trinajstić information content (AvgIpc) is 2.89. The zero-order valence-corrected chi connectivity index (χ0v) is 22.3. The Balaban J connectivity index is 1.87. The minimum Gasteiger partial charge on any atom is -0.497 e. The van der Waals surface area contributed by atoms with E-state index in [2.05, 4.69) is 61.6 Å². The van der Waals surface area contributed by atoms with Crippen LogP contribution < -0.4 is 10.5 Å². The first kappa shape index (κ1) is 29.2. The highest BCUT2D eigenvalue weighted by molar-refractivity contribution is 5.81. The number of hydrogen-bond acceptors (Lipinski definition) is 2. The van der Waals surface area contributed by atoms with Gasteiger partial charge in [-0.1, -0.05) is 105 Å². The molecule has 0 bridgehead atoms. The topological polar surface area (TPSA) is 52.3 Å². The van der Waals surface area contributed by atoms with E-state index in [4.69, 9.17) is 10.5 Å². The van der Waals surface area contributed by atoms with Crippen LogP contribution in [0.5, 0.6) is 5.75 Å². The largest absolute Gasteiger partial charge is 0.497 e. The molecule has 2 aromatic carbocycles. The lowest BCUT2D eigenvalue weighted by molar-refractivity contribution is -0.128. The summed E-state index contributed by atoms with van der Waals surface area (Å²) in [6.07, 6.45) is 24.2. The van der Waals surface area contributed by atoms with E-state index in [0.717, 1.165) is 61.8 Å². The van der Waals surface area contributed by atoms with Gasteiger partial charge in [-0.15, -0.1) is 0 Å². The molecule has 0 aliphatic carbocycles. The number of benzene rings is 2. The predicted molar refractivity (Wildman–Crippen MR) is 153 cm³/mol. The summed E-state index contributed by atoms with van der Waals surface area (Å²) in [5, 5.41) is 0. The monoisotopic (exact) mass is 487 g/mol. The van der Waals surface area contributed by atoms with Crippen LogP contribution in [0, 0.1) is 5.41 Å². The average molecular weight is 488 g/mol. The normalized spacial score (nSPS) is 13.5. The Bertz CT molecular complexity index is 961. The summed E-state index contributed by atoms with van der Waals surface area (Å²) >= 11 is 0. The molecular weight excluding hydrogens is 442 g/mol. The smallest absolute Gasteiger partial charge is 0.224 e. The van der Waals surface area contributed by atoms with Crippen molar-refractivity contribution in [2.75, 3.05) is 7.11 Å². The molecule has 1 amide bonds. The second kappa shape index (κ2) is 17.4. The predicted octanol–water partition coefficient (Wildman–Crippen LogP) is 8.15. The van der Waals surface area contributed by atoms with Crippen LogP contribution in [0.1, 0.15) is 75.8 Å². The first-order valence-corrected chi connectivity index (χ1v) is 13.5. The van der Waals surface area contributed by atoms with E-state index < -0.39 is 5.41 Å². The van der Waals surface area contributed by atoms with Crippen molar-refractivity contribution in [1.82, 2.24) is 0 Å². The van der Waals surface area contributed by atoms with E-state index in [0.29, 0.717) is 12.8 Å². The molecule has 0 aliphatic rings. The lowest BCUT2D eigenvalue weighted by atomic mass is 9.72. The summed E-state index contributed by atoms with van der Waals surface area (Å²) in [5.74, 6) is 0.595. The molecule has 0 saturated carbocycles. The fraction of sp³-hybridized carbons (Fsp3) is 0.424. The molecule has 3 heteroatoms. The van der Waals surface area contributed by atoms with Crippen molar-refractivity contribution in [1.29, 1.82) is 0 Å². The maximum atomic E-state index is 12.9. The highest BCUT2D eigenvalue weighted by atomic mass is 16.5. The van der Waals surface area contributed by atoms with Crippen LogP contribution in [0.4, 0.5) is 0 Å². The van der Waals surface area contributed by atoms with Gasteiger partial charge in [0, 0.05) is 0 Å². The Labute approximate surface area is 219 Å². The molecule has 0 aromatic heterocycles. The first-order chi connectivity index (χ1) is 17.6. The van der Waals surface area contributed by atoms with Gasteiger partial charge in [0.1, 0.15) is 5.75 Å². The molecular formula is C33H45NO2. The summed E-state index contributed by atoms with van der Waals surface area (Å²) in [6.45, 7) is 2.16. The third-order valence-corrected chi connectivity index (χ3v) is 6.64. The van der Waals surface area contributed by atoms with Crippen LogP contribution in [-0.4, -0.2) is 13.0 Å². The molecule has 2 aromatic rings. The number of carbonyl (C=O) groups is 1. The fourth-order valence-corrected chi connectivity index (χ4v) is 4.60. The van der Waals surface area contributed by atoms with E-state index in [1.54, 1.807) is 7.11 Å². The third kappa shape index (κ3) is 11.1. The summed E-state index contributed by atoms with van der Waals surface area (Å²) in [5.41, 5.74) is 7.74. The number of methoxy groups -OCH3 is 1. The number of ether oxygens (including phenoxy) is 1. The molecule has 0 radical (unpaired) electrons. The highest BCUT2D eigenvalue weighted by Crippen LogP contribution is 2.34. The van der Waals surface area contributed by atoms with E-state index in [1.165, 1.54) is 12.8 Å². The summed E-state index contributed by atoms with van der Waals surface area (Å²) in [6, 6.07) is 18.2. The highest BCUT2D eigenvalue weighted by Gasteiger charge is 2.36. The van der Waals surface area contributed by atoms with Gasteiger partial charge in [0.05, 0.1) is 12.5 Å². The maximum absolute atomic E-state index is 12.9. The van der Waals surface area contributed by atoms with Crippen molar-refractivity contribution in [3.05, 3.63) is 102 Å². The van der Waals surface area contributed by atoms with E-state index >= 15 is 0 Å². The Kier molecular flexibility index (Phi) is 14.1. The van der Waals surface area contributed by atoms with Gasteiger partial charge in [0.2, 0.25) is 5.91 Å². The zero-order chi connectivity index (χ0) is 25.9. The van der Waals surface area contributed by atoms with Crippen LogP contribution in [0.25, 0.3) is 0 Å². The summed E-state index contributed by atoms with van der Waals surface area (Å²) in [7, 11) is 1.67. The first-order valence-electron chi connectivity index (χ1n) is 13.5. The van der Waals surface area contributed by atoms with Crippen molar-refractivity contribution in [2.45, 2.75) is 77.6 Å². The molecule has 194 valence electrons. The number of unbranched alkanes of at least 4 members (excludes halogenated alkanes) is 4. The number of rotatable bonds is 18. The van der Waals surface area contributed by atoms with E-state index in [9.17, 15) is 4.79 Å². The van der Waals surface area contributed by atoms with Crippen molar-refractivity contribution in [2.24, 2.45) is 11.1 Å². The molecule has 0 heterocycles. The van der Waals surface area contributed by atoms with Crippen LogP contribution in [0.3, 0.4) is 0 Å².